The SMILES string of the molecule is Cc1c(-c2ccccc2)cccc1-c1ccc([Si](C)(C)C)c[n+]1C. The monoisotopic (exact) mass is 332 g/mol. The van der Waals surface area contributed by atoms with E-state index >= 15 is 0 Å². The molecule has 24 heavy (non-hydrogen) atoms. The zero-order valence-electron chi connectivity index (χ0n) is 15.3. The molecule has 0 atom stereocenters. The van der Waals surface area contributed by atoms with E-state index in [1.165, 1.54) is 33.1 Å². The van der Waals surface area contributed by atoms with Crippen molar-refractivity contribution in [2.24, 2.45) is 7.05 Å². The molecular formula is C22H26NSi+. The topological polar surface area (TPSA) is 3.88 Å². The van der Waals surface area contributed by atoms with Gasteiger partial charge in [0.25, 0.3) is 0 Å². The number of nitrogens with zero attached hydrogens (tertiary/aromatic N) is 1. The van der Waals surface area contributed by atoms with Crippen LogP contribution in [0.1, 0.15) is 5.56 Å². The lowest BCUT2D eigenvalue weighted by atomic mass is 9.95. The summed E-state index contributed by atoms with van der Waals surface area (Å²) in [4.78, 5) is 0. The van der Waals surface area contributed by atoms with Gasteiger partial charge in [0.1, 0.15) is 7.05 Å². The van der Waals surface area contributed by atoms with E-state index in [1.54, 1.807) is 0 Å². The molecule has 0 aliphatic rings. The molecular weight excluding hydrogens is 306 g/mol. The predicted molar refractivity (Wildman–Crippen MR) is 106 cm³/mol. The fourth-order valence-electron chi connectivity index (χ4n) is 3.17. The van der Waals surface area contributed by atoms with Gasteiger partial charge in [-0.3, -0.25) is 0 Å². The predicted octanol–water partition coefficient (Wildman–Crippen LogP) is 4.70. The van der Waals surface area contributed by atoms with Crippen LogP contribution in [0.15, 0.2) is 66.9 Å². The van der Waals surface area contributed by atoms with Gasteiger partial charge in [-0.15, -0.1) is 0 Å². The highest BCUT2D eigenvalue weighted by Gasteiger charge is 2.22. The number of hydrogen-bond donors (Lipinski definition) is 0. The Hall–Kier alpha value is -2.19. The Labute approximate surface area is 146 Å². The lowest BCUT2D eigenvalue weighted by molar-refractivity contribution is -0.659. The van der Waals surface area contributed by atoms with Crippen molar-refractivity contribution in [1.29, 1.82) is 0 Å². The van der Waals surface area contributed by atoms with E-state index < -0.39 is 8.07 Å². The molecule has 0 aliphatic heterocycles. The van der Waals surface area contributed by atoms with Crippen LogP contribution in [0.5, 0.6) is 0 Å². The standard InChI is InChI=1S/C22H26NSi/c1-17-20(18-10-7-6-8-11-18)12-9-13-21(17)22-15-14-19(16-23(22)2)24(3,4)5/h6-16H,1-5H3/q+1. The summed E-state index contributed by atoms with van der Waals surface area (Å²) in [5.74, 6) is 0. The first-order valence-corrected chi connectivity index (χ1v) is 12.0. The summed E-state index contributed by atoms with van der Waals surface area (Å²) in [6.07, 6.45) is 2.32. The second-order valence-corrected chi connectivity index (χ2v) is 12.6. The molecule has 1 nitrogen and oxygen atoms in total. The minimum absolute atomic E-state index is 1.27. The average molecular weight is 333 g/mol. The molecule has 2 heteroatoms. The van der Waals surface area contributed by atoms with Gasteiger partial charge in [0.2, 0.25) is 5.69 Å². The number of benzene rings is 2. The molecule has 0 radical (unpaired) electrons. The summed E-state index contributed by atoms with van der Waals surface area (Å²) in [6, 6.07) is 21.8. The van der Waals surface area contributed by atoms with E-state index in [-0.39, 0.29) is 0 Å². The van der Waals surface area contributed by atoms with Crippen LogP contribution in [0.3, 0.4) is 0 Å². The number of rotatable bonds is 3. The number of hydrogen-bond acceptors (Lipinski definition) is 0. The second-order valence-electron chi connectivity index (χ2n) is 7.51. The highest BCUT2D eigenvalue weighted by atomic mass is 28.3. The lowest BCUT2D eigenvalue weighted by Gasteiger charge is -2.16. The quantitative estimate of drug-likeness (QED) is 0.483. The molecule has 1 heterocycles. The van der Waals surface area contributed by atoms with Gasteiger partial charge in [0, 0.05) is 16.8 Å². The fraction of sp³-hybridized carbons (Fsp3) is 0.227. The smallest absolute Gasteiger partial charge is 0.201 e. The van der Waals surface area contributed by atoms with Crippen molar-refractivity contribution in [3.8, 4) is 22.4 Å². The third-order valence-corrected chi connectivity index (χ3v) is 6.72. The molecule has 0 aliphatic carbocycles. The van der Waals surface area contributed by atoms with Crippen LogP contribution >= 0.6 is 0 Å². The maximum absolute atomic E-state index is 2.39. The zero-order chi connectivity index (χ0) is 17.3. The van der Waals surface area contributed by atoms with Gasteiger partial charge in [-0.2, -0.15) is 0 Å². The van der Waals surface area contributed by atoms with Crippen LogP contribution in [0.25, 0.3) is 22.4 Å². The van der Waals surface area contributed by atoms with Gasteiger partial charge in [0.15, 0.2) is 6.20 Å². The zero-order valence-corrected chi connectivity index (χ0v) is 16.3. The van der Waals surface area contributed by atoms with Crippen molar-refractivity contribution in [2.45, 2.75) is 26.6 Å². The van der Waals surface area contributed by atoms with Crippen LogP contribution in [0, 0.1) is 6.92 Å². The minimum atomic E-state index is -1.29. The van der Waals surface area contributed by atoms with E-state index in [0.717, 1.165) is 0 Å². The molecule has 1 aromatic heterocycles. The third kappa shape index (κ3) is 3.20. The van der Waals surface area contributed by atoms with E-state index in [1.807, 2.05) is 0 Å². The average Bonchev–Trinajstić information content (AvgIpc) is 2.55. The van der Waals surface area contributed by atoms with Crippen LogP contribution in [-0.2, 0) is 7.05 Å². The van der Waals surface area contributed by atoms with E-state index in [2.05, 4.69) is 105 Å². The summed E-state index contributed by atoms with van der Waals surface area (Å²) in [6.45, 7) is 9.40. The Morgan fingerprint density at radius 2 is 1.42 bits per heavy atom. The summed E-state index contributed by atoms with van der Waals surface area (Å²) in [5, 5.41) is 1.49. The summed E-state index contributed by atoms with van der Waals surface area (Å²) in [7, 11) is 0.874. The molecule has 3 aromatic rings. The molecule has 0 amide bonds. The van der Waals surface area contributed by atoms with Gasteiger partial charge >= 0.3 is 0 Å². The number of aromatic nitrogens is 1. The Kier molecular flexibility index (Phi) is 4.42. The molecule has 0 bridgehead atoms. The van der Waals surface area contributed by atoms with Crippen LogP contribution < -0.4 is 9.75 Å². The maximum Gasteiger partial charge on any atom is 0.212 e. The first-order chi connectivity index (χ1) is 11.4. The van der Waals surface area contributed by atoms with Crippen LogP contribution in [-0.4, -0.2) is 8.07 Å². The lowest BCUT2D eigenvalue weighted by Crippen LogP contribution is -2.44. The van der Waals surface area contributed by atoms with E-state index in [0.29, 0.717) is 0 Å². The van der Waals surface area contributed by atoms with Crippen LogP contribution in [0.4, 0.5) is 0 Å². The normalized spacial score (nSPS) is 11.5. The van der Waals surface area contributed by atoms with Gasteiger partial charge < -0.3 is 0 Å². The molecule has 2 aromatic carbocycles. The van der Waals surface area contributed by atoms with Gasteiger partial charge in [-0.25, -0.2) is 4.57 Å². The number of pyridine rings is 1. The molecule has 0 spiro atoms. The summed E-state index contributed by atoms with van der Waals surface area (Å²) < 4.78 is 2.28. The van der Waals surface area contributed by atoms with Gasteiger partial charge in [-0.1, -0.05) is 68.2 Å². The Morgan fingerprint density at radius 3 is 2.04 bits per heavy atom. The Bertz CT molecular complexity index is 861. The summed E-state index contributed by atoms with van der Waals surface area (Å²) in [5.41, 5.74) is 6.49. The van der Waals surface area contributed by atoms with Crippen molar-refractivity contribution in [2.75, 3.05) is 0 Å². The molecule has 0 N–H and O–H groups in total. The first-order valence-electron chi connectivity index (χ1n) is 8.53. The molecule has 0 unspecified atom stereocenters. The number of aryl methyl sites for hydroxylation is 1. The minimum Gasteiger partial charge on any atom is -0.201 e. The first kappa shape index (κ1) is 16.7. The van der Waals surface area contributed by atoms with Gasteiger partial charge in [0.05, 0.1) is 8.07 Å². The van der Waals surface area contributed by atoms with Crippen molar-refractivity contribution in [3.05, 3.63) is 72.4 Å². The largest absolute Gasteiger partial charge is 0.212 e. The molecule has 0 saturated carbocycles. The van der Waals surface area contributed by atoms with E-state index in [9.17, 15) is 0 Å². The second kappa shape index (κ2) is 6.37. The fourth-order valence-corrected chi connectivity index (χ4v) is 4.34. The maximum atomic E-state index is 2.39. The van der Waals surface area contributed by atoms with E-state index in [4.69, 9.17) is 0 Å². The molecule has 3 rings (SSSR count). The highest BCUT2D eigenvalue weighted by Crippen LogP contribution is 2.30. The van der Waals surface area contributed by atoms with Crippen molar-refractivity contribution < 1.29 is 4.57 Å². The highest BCUT2D eigenvalue weighted by molar-refractivity contribution is 6.88. The Balaban J connectivity index is 2.11. The third-order valence-electron chi connectivity index (χ3n) is 4.69. The van der Waals surface area contributed by atoms with Crippen molar-refractivity contribution >= 4 is 13.3 Å². The molecule has 0 saturated heterocycles. The van der Waals surface area contributed by atoms with Crippen molar-refractivity contribution in [3.63, 3.8) is 0 Å². The Morgan fingerprint density at radius 1 is 0.750 bits per heavy atom. The van der Waals surface area contributed by atoms with Crippen LogP contribution in [0.2, 0.25) is 19.6 Å². The molecule has 122 valence electrons. The molecule has 0 fully saturated rings. The van der Waals surface area contributed by atoms with Crippen molar-refractivity contribution in [1.82, 2.24) is 0 Å². The van der Waals surface area contributed by atoms with Gasteiger partial charge in [-0.05, 0) is 29.7 Å². The summed E-state index contributed by atoms with van der Waals surface area (Å²) >= 11 is 0.